The Morgan fingerprint density at radius 1 is 1.10 bits per heavy atom. The highest BCUT2D eigenvalue weighted by molar-refractivity contribution is 7.10. The van der Waals surface area contributed by atoms with Crippen molar-refractivity contribution < 1.29 is 24.2 Å². The van der Waals surface area contributed by atoms with Gasteiger partial charge in [-0.2, -0.15) is 0 Å². The third-order valence-corrected chi connectivity index (χ3v) is 6.15. The Bertz CT molecular complexity index is 1170. The van der Waals surface area contributed by atoms with Crippen molar-refractivity contribution >= 4 is 28.8 Å². The van der Waals surface area contributed by atoms with Gasteiger partial charge in [0, 0.05) is 16.6 Å². The number of ketones is 1. The van der Waals surface area contributed by atoms with Gasteiger partial charge in [0.05, 0.1) is 17.8 Å². The SMILES string of the molecule is O=C1C(=O)N(Cc2ccccn2)C(c2cccs2)/C1=C(/O)c1ccc2c(c1)OCCO2. The molecule has 1 atom stereocenters. The summed E-state index contributed by atoms with van der Waals surface area (Å²) in [6, 6.07) is 13.4. The predicted molar refractivity (Wildman–Crippen MR) is 114 cm³/mol. The summed E-state index contributed by atoms with van der Waals surface area (Å²) in [5.74, 6) is -0.555. The Kier molecular flexibility index (Phi) is 4.91. The van der Waals surface area contributed by atoms with Crippen LogP contribution in [-0.2, 0) is 16.1 Å². The number of likely N-dealkylation sites (tertiary alicyclic amines) is 1. The number of pyridine rings is 1. The van der Waals surface area contributed by atoms with E-state index in [9.17, 15) is 14.7 Å². The summed E-state index contributed by atoms with van der Waals surface area (Å²) in [6.07, 6.45) is 1.64. The molecule has 3 aromatic rings. The Labute approximate surface area is 182 Å². The van der Waals surface area contributed by atoms with E-state index in [0.29, 0.717) is 36.0 Å². The van der Waals surface area contributed by atoms with Gasteiger partial charge in [-0.05, 0) is 41.8 Å². The number of fused-ring (bicyclic) bond motifs is 1. The number of nitrogens with zero attached hydrogens (tertiary/aromatic N) is 2. The first-order valence-corrected chi connectivity index (χ1v) is 10.6. The summed E-state index contributed by atoms with van der Waals surface area (Å²) in [7, 11) is 0. The summed E-state index contributed by atoms with van der Waals surface area (Å²) in [5, 5.41) is 13.0. The number of aliphatic hydroxyl groups excluding tert-OH is 1. The van der Waals surface area contributed by atoms with E-state index in [2.05, 4.69) is 4.98 Å². The van der Waals surface area contributed by atoms with Gasteiger partial charge in [0.1, 0.15) is 25.0 Å². The van der Waals surface area contributed by atoms with Crippen molar-refractivity contribution in [2.45, 2.75) is 12.6 Å². The number of carbonyl (C=O) groups excluding carboxylic acids is 2. The minimum Gasteiger partial charge on any atom is -0.507 e. The van der Waals surface area contributed by atoms with Crippen molar-refractivity contribution in [2.75, 3.05) is 13.2 Å². The number of Topliss-reactive ketones (excluding diaryl/α,β-unsaturated/α-hetero) is 1. The van der Waals surface area contributed by atoms with Gasteiger partial charge in [0.15, 0.2) is 11.5 Å². The Morgan fingerprint density at radius 3 is 2.68 bits per heavy atom. The van der Waals surface area contributed by atoms with Crippen LogP contribution in [0.25, 0.3) is 5.76 Å². The average molecular weight is 434 g/mol. The molecule has 8 heteroatoms. The molecule has 1 saturated heterocycles. The zero-order valence-corrected chi connectivity index (χ0v) is 17.2. The van der Waals surface area contributed by atoms with Gasteiger partial charge in [-0.15, -0.1) is 11.3 Å². The lowest BCUT2D eigenvalue weighted by Crippen LogP contribution is -2.29. The quantitative estimate of drug-likeness (QED) is 0.384. The summed E-state index contributed by atoms with van der Waals surface area (Å²) in [6.45, 7) is 1.02. The van der Waals surface area contributed by atoms with Crippen LogP contribution >= 0.6 is 11.3 Å². The zero-order chi connectivity index (χ0) is 21.4. The van der Waals surface area contributed by atoms with Crippen LogP contribution in [0.5, 0.6) is 11.5 Å². The molecular formula is C23H18N2O5S. The van der Waals surface area contributed by atoms with Gasteiger partial charge >= 0.3 is 0 Å². The first-order chi connectivity index (χ1) is 15.1. The summed E-state index contributed by atoms with van der Waals surface area (Å²) in [5.41, 5.74) is 1.10. The molecule has 7 nitrogen and oxygen atoms in total. The summed E-state index contributed by atoms with van der Waals surface area (Å²) in [4.78, 5) is 32.5. The highest BCUT2D eigenvalue weighted by Crippen LogP contribution is 2.42. The molecule has 0 radical (unpaired) electrons. The average Bonchev–Trinajstić information content (AvgIpc) is 3.42. The van der Waals surface area contributed by atoms with Crippen LogP contribution in [0.3, 0.4) is 0 Å². The van der Waals surface area contributed by atoms with Crippen LogP contribution in [0.1, 0.15) is 22.2 Å². The minimum atomic E-state index is -0.721. The van der Waals surface area contributed by atoms with Crippen molar-refractivity contribution in [3.63, 3.8) is 0 Å². The van der Waals surface area contributed by atoms with Crippen LogP contribution in [0.4, 0.5) is 0 Å². The number of benzene rings is 1. The molecule has 1 unspecified atom stereocenters. The van der Waals surface area contributed by atoms with Crippen molar-refractivity contribution in [1.82, 2.24) is 9.88 Å². The van der Waals surface area contributed by atoms with Crippen LogP contribution in [0.15, 0.2) is 65.7 Å². The fourth-order valence-electron chi connectivity index (χ4n) is 3.80. The number of aromatic nitrogens is 1. The third-order valence-electron chi connectivity index (χ3n) is 5.23. The topological polar surface area (TPSA) is 89.0 Å². The van der Waals surface area contributed by atoms with Gasteiger partial charge in [-0.25, -0.2) is 0 Å². The van der Waals surface area contributed by atoms with Gasteiger partial charge in [0.25, 0.3) is 11.7 Å². The molecule has 2 aliphatic rings. The summed E-state index contributed by atoms with van der Waals surface area (Å²) >= 11 is 1.42. The monoisotopic (exact) mass is 434 g/mol. The normalized spacial score (nSPS) is 19.6. The molecule has 0 bridgehead atoms. The smallest absolute Gasteiger partial charge is 0.296 e. The molecule has 2 aliphatic heterocycles. The molecule has 2 aromatic heterocycles. The van der Waals surface area contributed by atoms with Gasteiger partial charge in [-0.3, -0.25) is 14.6 Å². The highest BCUT2D eigenvalue weighted by atomic mass is 32.1. The Morgan fingerprint density at radius 2 is 1.94 bits per heavy atom. The first-order valence-electron chi connectivity index (χ1n) is 9.75. The number of thiophene rings is 1. The second-order valence-electron chi connectivity index (χ2n) is 7.12. The maximum atomic E-state index is 13.0. The minimum absolute atomic E-state index is 0.0556. The second-order valence-corrected chi connectivity index (χ2v) is 8.10. The predicted octanol–water partition coefficient (Wildman–Crippen LogP) is 3.54. The number of ether oxygens (including phenoxy) is 2. The van der Waals surface area contributed by atoms with E-state index >= 15 is 0 Å². The fourth-order valence-corrected chi connectivity index (χ4v) is 4.64. The van der Waals surface area contributed by atoms with Crippen molar-refractivity contribution in [3.8, 4) is 11.5 Å². The largest absolute Gasteiger partial charge is 0.507 e. The van der Waals surface area contributed by atoms with Crippen molar-refractivity contribution in [3.05, 3.63) is 81.8 Å². The number of hydrogen-bond donors (Lipinski definition) is 1. The van der Waals surface area contributed by atoms with E-state index in [1.165, 1.54) is 16.2 Å². The van der Waals surface area contributed by atoms with Crippen molar-refractivity contribution in [2.24, 2.45) is 0 Å². The second kappa shape index (κ2) is 7.88. The van der Waals surface area contributed by atoms with E-state index in [4.69, 9.17) is 9.47 Å². The van der Waals surface area contributed by atoms with E-state index in [1.54, 1.807) is 36.5 Å². The third kappa shape index (κ3) is 3.44. The molecule has 31 heavy (non-hydrogen) atoms. The molecule has 1 aromatic carbocycles. The van der Waals surface area contributed by atoms with E-state index < -0.39 is 17.7 Å². The molecule has 156 valence electrons. The lowest BCUT2D eigenvalue weighted by molar-refractivity contribution is -0.140. The molecule has 4 heterocycles. The zero-order valence-electron chi connectivity index (χ0n) is 16.4. The van der Waals surface area contributed by atoms with Crippen LogP contribution in [-0.4, -0.2) is 39.9 Å². The molecule has 0 aliphatic carbocycles. The number of aliphatic hydroxyl groups is 1. The number of rotatable bonds is 4. The molecule has 0 saturated carbocycles. The van der Waals surface area contributed by atoms with E-state index in [0.717, 1.165) is 4.88 Å². The lowest BCUT2D eigenvalue weighted by Gasteiger charge is -2.24. The van der Waals surface area contributed by atoms with Gasteiger partial charge < -0.3 is 19.5 Å². The molecule has 1 fully saturated rings. The van der Waals surface area contributed by atoms with Crippen molar-refractivity contribution in [1.29, 1.82) is 0 Å². The highest BCUT2D eigenvalue weighted by Gasteiger charge is 2.46. The molecule has 5 rings (SSSR count). The fraction of sp³-hybridized carbons (Fsp3) is 0.174. The number of amides is 1. The molecular weight excluding hydrogens is 416 g/mol. The first kappa shape index (κ1) is 19.3. The Hall–Kier alpha value is -3.65. The molecule has 0 spiro atoms. The van der Waals surface area contributed by atoms with Crippen LogP contribution < -0.4 is 9.47 Å². The molecule has 1 amide bonds. The molecule has 1 N–H and O–H groups in total. The van der Waals surface area contributed by atoms with Crippen LogP contribution in [0.2, 0.25) is 0 Å². The maximum Gasteiger partial charge on any atom is 0.296 e. The van der Waals surface area contributed by atoms with Crippen LogP contribution in [0, 0.1) is 0 Å². The number of hydrogen-bond acceptors (Lipinski definition) is 7. The summed E-state index contributed by atoms with van der Waals surface area (Å²) < 4.78 is 11.1. The number of carbonyl (C=O) groups is 2. The lowest BCUT2D eigenvalue weighted by atomic mass is 9.99. The van der Waals surface area contributed by atoms with E-state index in [1.807, 2.05) is 23.6 Å². The maximum absolute atomic E-state index is 13.0. The standard InChI is InChI=1S/C23H18N2O5S/c26-21(14-6-7-16-17(12-14)30-10-9-29-16)19-20(18-5-3-11-31-18)25(23(28)22(19)27)13-15-4-1-2-8-24-15/h1-8,11-12,20,26H,9-10,13H2/b21-19-. The van der Waals surface area contributed by atoms with Gasteiger partial charge in [-0.1, -0.05) is 12.1 Å². The van der Waals surface area contributed by atoms with Gasteiger partial charge in [0.2, 0.25) is 0 Å². The Balaban J connectivity index is 1.60. The van der Waals surface area contributed by atoms with E-state index in [-0.39, 0.29) is 17.9 Å².